The molecular formula is C9H16N4O. The van der Waals surface area contributed by atoms with E-state index in [0.717, 1.165) is 31.7 Å². The van der Waals surface area contributed by atoms with Crippen LogP contribution in [0.25, 0.3) is 0 Å². The molecule has 1 aliphatic rings. The normalized spacial score (nSPS) is 23.1. The maximum absolute atomic E-state index is 9.00. The summed E-state index contributed by atoms with van der Waals surface area (Å²) in [5.41, 5.74) is 1.01. The standard InChI is InChI=1S/C9H16N4O/c1-12-5-9(10-11-12)6-13-3-2-8(4-13)7-14/h5,8,14H,2-4,6-7H2,1H3. The monoisotopic (exact) mass is 196 g/mol. The van der Waals surface area contributed by atoms with Crippen LogP contribution in [0, 0.1) is 5.92 Å². The zero-order valence-electron chi connectivity index (χ0n) is 8.43. The van der Waals surface area contributed by atoms with E-state index in [4.69, 9.17) is 5.11 Å². The number of hydrogen-bond donors (Lipinski definition) is 1. The number of nitrogens with zero attached hydrogens (tertiary/aromatic N) is 4. The van der Waals surface area contributed by atoms with Crippen molar-refractivity contribution >= 4 is 0 Å². The molecule has 1 aliphatic heterocycles. The number of aromatic nitrogens is 3. The van der Waals surface area contributed by atoms with Gasteiger partial charge < -0.3 is 5.11 Å². The predicted octanol–water partition coefficient (Wildman–Crippen LogP) is -0.371. The average molecular weight is 196 g/mol. The molecule has 0 spiro atoms. The highest BCUT2D eigenvalue weighted by Crippen LogP contribution is 2.16. The van der Waals surface area contributed by atoms with E-state index in [1.165, 1.54) is 0 Å². The quantitative estimate of drug-likeness (QED) is 0.716. The van der Waals surface area contributed by atoms with Crippen LogP contribution in [0.5, 0.6) is 0 Å². The lowest BCUT2D eigenvalue weighted by Gasteiger charge is -2.12. The summed E-state index contributed by atoms with van der Waals surface area (Å²) in [4.78, 5) is 2.31. The fourth-order valence-corrected chi connectivity index (χ4v) is 1.90. The number of aliphatic hydroxyl groups excluding tert-OH is 1. The zero-order chi connectivity index (χ0) is 9.97. The molecule has 0 aliphatic carbocycles. The smallest absolute Gasteiger partial charge is 0.0967 e. The van der Waals surface area contributed by atoms with Crippen molar-refractivity contribution in [2.45, 2.75) is 13.0 Å². The third-order valence-corrected chi connectivity index (χ3v) is 2.66. The molecule has 78 valence electrons. The van der Waals surface area contributed by atoms with Gasteiger partial charge in [0.15, 0.2) is 0 Å². The number of rotatable bonds is 3. The van der Waals surface area contributed by atoms with E-state index in [1.807, 2.05) is 13.2 Å². The minimum Gasteiger partial charge on any atom is -0.396 e. The van der Waals surface area contributed by atoms with Gasteiger partial charge in [0.05, 0.1) is 5.69 Å². The molecule has 1 atom stereocenters. The van der Waals surface area contributed by atoms with Crippen LogP contribution in [0.15, 0.2) is 6.20 Å². The van der Waals surface area contributed by atoms with Crippen LogP contribution >= 0.6 is 0 Å². The van der Waals surface area contributed by atoms with Crippen LogP contribution in [-0.4, -0.2) is 44.7 Å². The molecule has 1 aromatic rings. The van der Waals surface area contributed by atoms with E-state index < -0.39 is 0 Å². The van der Waals surface area contributed by atoms with Gasteiger partial charge >= 0.3 is 0 Å². The van der Waals surface area contributed by atoms with Crippen molar-refractivity contribution < 1.29 is 5.11 Å². The Labute approximate surface area is 83.3 Å². The van der Waals surface area contributed by atoms with Crippen LogP contribution in [0.1, 0.15) is 12.1 Å². The van der Waals surface area contributed by atoms with E-state index in [0.29, 0.717) is 12.5 Å². The van der Waals surface area contributed by atoms with Gasteiger partial charge in [-0.2, -0.15) is 0 Å². The molecule has 1 aromatic heterocycles. The first-order chi connectivity index (χ1) is 6.78. The highest BCUT2D eigenvalue weighted by Gasteiger charge is 2.22. The van der Waals surface area contributed by atoms with Crippen LogP contribution in [-0.2, 0) is 13.6 Å². The highest BCUT2D eigenvalue weighted by molar-refractivity contribution is 4.93. The Morgan fingerprint density at radius 3 is 3.07 bits per heavy atom. The third kappa shape index (κ3) is 2.10. The Balaban J connectivity index is 1.87. The maximum Gasteiger partial charge on any atom is 0.0967 e. The maximum atomic E-state index is 9.00. The molecule has 0 amide bonds. The van der Waals surface area contributed by atoms with Crippen molar-refractivity contribution in [3.05, 3.63) is 11.9 Å². The van der Waals surface area contributed by atoms with Crippen molar-refractivity contribution in [3.63, 3.8) is 0 Å². The molecule has 0 radical (unpaired) electrons. The SMILES string of the molecule is Cn1cc(CN2CCC(CO)C2)nn1. The second kappa shape index (κ2) is 4.06. The Morgan fingerprint density at radius 2 is 2.50 bits per heavy atom. The minimum absolute atomic E-state index is 0.303. The van der Waals surface area contributed by atoms with Gasteiger partial charge in [-0.25, -0.2) is 0 Å². The second-order valence-corrected chi connectivity index (χ2v) is 3.96. The molecule has 2 heterocycles. The Morgan fingerprint density at radius 1 is 1.64 bits per heavy atom. The fourth-order valence-electron chi connectivity index (χ4n) is 1.90. The van der Waals surface area contributed by atoms with Crippen molar-refractivity contribution in [1.29, 1.82) is 0 Å². The van der Waals surface area contributed by atoms with E-state index >= 15 is 0 Å². The number of hydrogen-bond acceptors (Lipinski definition) is 4. The summed E-state index contributed by atoms with van der Waals surface area (Å²) in [7, 11) is 1.87. The minimum atomic E-state index is 0.303. The summed E-state index contributed by atoms with van der Waals surface area (Å²) in [6.07, 6.45) is 3.03. The van der Waals surface area contributed by atoms with Gasteiger partial charge in [0.25, 0.3) is 0 Å². The molecule has 5 nitrogen and oxygen atoms in total. The van der Waals surface area contributed by atoms with Crippen molar-refractivity contribution in [2.75, 3.05) is 19.7 Å². The zero-order valence-corrected chi connectivity index (χ0v) is 8.43. The molecule has 0 aromatic carbocycles. The van der Waals surface area contributed by atoms with Crippen LogP contribution in [0.4, 0.5) is 0 Å². The number of aliphatic hydroxyl groups is 1. The van der Waals surface area contributed by atoms with E-state index in [9.17, 15) is 0 Å². The van der Waals surface area contributed by atoms with Gasteiger partial charge in [-0.15, -0.1) is 5.10 Å². The molecule has 1 saturated heterocycles. The van der Waals surface area contributed by atoms with Crippen molar-refractivity contribution in [3.8, 4) is 0 Å². The summed E-state index contributed by atoms with van der Waals surface area (Å²) in [5.74, 6) is 0.451. The van der Waals surface area contributed by atoms with Gasteiger partial charge in [-0.05, 0) is 18.9 Å². The number of likely N-dealkylation sites (tertiary alicyclic amines) is 1. The summed E-state index contributed by atoms with van der Waals surface area (Å²) in [5, 5.41) is 16.9. The topological polar surface area (TPSA) is 54.2 Å². The van der Waals surface area contributed by atoms with Gasteiger partial charge in [0.2, 0.25) is 0 Å². The summed E-state index contributed by atoms with van der Waals surface area (Å²) in [6.45, 7) is 3.19. The summed E-state index contributed by atoms with van der Waals surface area (Å²) < 4.78 is 1.72. The van der Waals surface area contributed by atoms with Crippen LogP contribution in [0.3, 0.4) is 0 Å². The molecule has 2 rings (SSSR count). The molecule has 5 heteroatoms. The van der Waals surface area contributed by atoms with Crippen molar-refractivity contribution in [2.24, 2.45) is 13.0 Å². The molecule has 1 fully saturated rings. The van der Waals surface area contributed by atoms with E-state index in [1.54, 1.807) is 4.68 Å². The Kier molecular flexibility index (Phi) is 2.79. The van der Waals surface area contributed by atoms with Gasteiger partial charge in [-0.1, -0.05) is 5.21 Å². The first-order valence-electron chi connectivity index (χ1n) is 4.96. The molecule has 0 bridgehead atoms. The molecule has 1 N–H and O–H groups in total. The summed E-state index contributed by atoms with van der Waals surface area (Å²) in [6, 6.07) is 0. The highest BCUT2D eigenvalue weighted by atomic mass is 16.3. The van der Waals surface area contributed by atoms with E-state index in [2.05, 4.69) is 15.2 Å². The average Bonchev–Trinajstić information content (AvgIpc) is 2.76. The van der Waals surface area contributed by atoms with E-state index in [-0.39, 0.29) is 0 Å². The number of aryl methyl sites for hydroxylation is 1. The first-order valence-corrected chi connectivity index (χ1v) is 4.96. The van der Waals surface area contributed by atoms with Gasteiger partial charge in [0.1, 0.15) is 0 Å². The lowest BCUT2D eigenvalue weighted by Crippen LogP contribution is -2.21. The predicted molar refractivity (Wildman–Crippen MR) is 51.5 cm³/mol. The Bertz CT molecular complexity index is 299. The lowest BCUT2D eigenvalue weighted by molar-refractivity contribution is 0.219. The first kappa shape index (κ1) is 9.61. The van der Waals surface area contributed by atoms with Gasteiger partial charge in [-0.3, -0.25) is 9.58 Å². The van der Waals surface area contributed by atoms with Crippen molar-refractivity contribution in [1.82, 2.24) is 19.9 Å². The molecule has 1 unspecified atom stereocenters. The second-order valence-electron chi connectivity index (χ2n) is 3.96. The Hall–Kier alpha value is -0.940. The fraction of sp³-hybridized carbons (Fsp3) is 0.778. The van der Waals surface area contributed by atoms with Gasteiger partial charge in [0, 0.05) is 32.9 Å². The molecule has 14 heavy (non-hydrogen) atoms. The van der Waals surface area contributed by atoms with Crippen LogP contribution < -0.4 is 0 Å². The summed E-state index contributed by atoms with van der Waals surface area (Å²) >= 11 is 0. The third-order valence-electron chi connectivity index (χ3n) is 2.66. The molecular weight excluding hydrogens is 180 g/mol. The lowest BCUT2D eigenvalue weighted by atomic mass is 10.1. The van der Waals surface area contributed by atoms with Crippen LogP contribution in [0.2, 0.25) is 0 Å². The molecule has 0 saturated carbocycles. The largest absolute Gasteiger partial charge is 0.396 e.